The lowest BCUT2D eigenvalue weighted by Crippen LogP contribution is -2.60. The van der Waals surface area contributed by atoms with Crippen molar-refractivity contribution in [1.29, 1.82) is 0 Å². The molecule has 0 radical (unpaired) electrons. The fraction of sp³-hybridized carbons (Fsp3) is 0.900. The van der Waals surface area contributed by atoms with Crippen LogP contribution in [0, 0.1) is 22.7 Å². The van der Waals surface area contributed by atoms with Gasteiger partial charge >= 0.3 is 5.97 Å². The molecule has 3 heteroatoms. The second kappa shape index (κ2) is 2.08. The molecule has 0 aliphatic heterocycles. The number of rotatable bonds is 1. The molecule has 0 amide bonds. The Hall–Kier alpha value is -0.570. The Morgan fingerprint density at radius 3 is 2.08 bits per heavy atom. The summed E-state index contributed by atoms with van der Waals surface area (Å²) in [6.45, 7) is 6.03. The predicted molar refractivity (Wildman–Crippen MR) is 47.1 cm³/mol. The summed E-state index contributed by atoms with van der Waals surface area (Å²) in [4.78, 5) is 11.0. The predicted octanol–water partition coefficient (Wildman–Crippen LogP) is 1.11. The Bertz CT molecular complexity index is 271. The van der Waals surface area contributed by atoms with Gasteiger partial charge in [0.15, 0.2) is 0 Å². The SMILES string of the molecule is CC1(C)C2CC(O)C1(C)C2C(=O)O. The second-order valence-corrected chi connectivity index (χ2v) is 5.18. The van der Waals surface area contributed by atoms with Gasteiger partial charge in [-0.1, -0.05) is 20.8 Å². The van der Waals surface area contributed by atoms with E-state index in [0.717, 1.165) is 0 Å². The summed E-state index contributed by atoms with van der Waals surface area (Å²) >= 11 is 0. The van der Waals surface area contributed by atoms with Crippen LogP contribution in [0.2, 0.25) is 0 Å². The van der Waals surface area contributed by atoms with Crippen LogP contribution in [-0.4, -0.2) is 22.3 Å². The topological polar surface area (TPSA) is 57.5 Å². The Kier molecular flexibility index (Phi) is 1.44. The summed E-state index contributed by atoms with van der Waals surface area (Å²) in [6.07, 6.45) is 0.217. The first-order chi connectivity index (χ1) is 5.83. The highest BCUT2D eigenvalue weighted by Gasteiger charge is 2.75. The second-order valence-electron chi connectivity index (χ2n) is 5.18. The number of aliphatic hydroxyl groups is 1. The van der Waals surface area contributed by atoms with Crippen LogP contribution in [0.1, 0.15) is 27.2 Å². The summed E-state index contributed by atoms with van der Waals surface area (Å²) in [5, 5.41) is 18.8. The van der Waals surface area contributed by atoms with Gasteiger partial charge in [0.05, 0.1) is 12.0 Å². The van der Waals surface area contributed by atoms with Crippen molar-refractivity contribution in [2.75, 3.05) is 0 Å². The lowest BCUT2D eigenvalue weighted by molar-refractivity contribution is -0.187. The van der Waals surface area contributed by atoms with E-state index in [9.17, 15) is 9.90 Å². The standard InChI is InChI=1S/C10H16O3/c1-9(2)5-4-6(11)10(9,3)7(5)8(12)13/h5-7,11H,4H2,1-3H3,(H,12,13). The molecule has 0 aromatic carbocycles. The number of hydrogen-bond acceptors (Lipinski definition) is 2. The smallest absolute Gasteiger partial charge is 0.307 e. The average molecular weight is 184 g/mol. The van der Waals surface area contributed by atoms with E-state index >= 15 is 0 Å². The van der Waals surface area contributed by atoms with E-state index in [-0.39, 0.29) is 17.3 Å². The molecule has 2 bridgehead atoms. The molecule has 4 unspecified atom stereocenters. The van der Waals surface area contributed by atoms with Gasteiger partial charge in [-0.3, -0.25) is 4.79 Å². The van der Waals surface area contributed by atoms with Crippen molar-refractivity contribution in [3.8, 4) is 0 Å². The lowest BCUT2D eigenvalue weighted by Gasteiger charge is -2.58. The molecule has 3 aliphatic carbocycles. The van der Waals surface area contributed by atoms with Crippen molar-refractivity contribution in [2.24, 2.45) is 22.7 Å². The van der Waals surface area contributed by atoms with E-state index in [1.807, 2.05) is 6.92 Å². The summed E-state index contributed by atoms with van der Waals surface area (Å²) < 4.78 is 0. The molecule has 3 saturated carbocycles. The van der Waals surface area contributed by atoms with Gasteiger partial charge in [-0.25, -0.2) is 0 Å². The van der Waals surface area contributed by atoms with E-state index in [2.05, 4.69) is 13.8 Å². The summed E-state index contributed by atoms with van der Waals surface area (Å²) in [7, 11) is 0. The first-order valence-electron chi connectivity index (χ1n) is 4.74. The molecule has 13 heavy (non-hydrogen) atoms. The van der Waals surface area contributed by atoms with Crippen LogP contribution in [0.15, 0.2) is 0 Å². The Morgan fingerprint density at radius 2 is 1.92 bits per heavy atom. The number of hydrogen-bond donors (Lipinski definition) is 2. The van der Waals surface area contributed by atoms with Gasteiger partial charge in [0.2, 0.25) is 0 Å². The largest absolute Gasteiger partial charge is 0.481 e. The van der Waals surface area contributed by atoms with Crippen molar-refractivity contribution in [3.05, 3.63) is 0 Å². The zero-order chi connectivity index (χ0) is 10.0. The number of carbonyl (C=O) groups is 1. The van der Waals surface area contributed by atoms with Crippen molar-refractivity contribution in [1.82, 2.24) is 0 Å². The van der Waals surface area contributed by atoms with Crippen LogP contribution in [0.3, 0.4) is 0 Å². The first-order valence-corrected chi connectivity index (χ1v) is 4.74. The van der Waals surface area contributed by atoms with Gasteiger partial charge in [-0.05, 0) is 17.8 Å². The molecule has 0 aromatic heterocycles. The van der Waals surface area contributed by atoms with Gasteiger partial charge in [-0.15, -0.1) is 0 Å². The molecular weight excluding hydrogens is 168 g/mol. The van der Waals surface area contributed by atoms with Crippen LogP contribution in [0.5, 0.6) is 0 Å². The maximum atomic E-state index is 11.0. The van der Waals surface area contributed by atoms with Gasteiger partial charge in [0.1, 0.15) is 0 Å². The molecule has 4 atom stereocenters. The van der Waals surface area contributed by atoms with Gasteiger partial charge < -0.3 is 10.2 Å². The van der Waals surface area contributed by atoms with E-state index in [1.54, 1.807) is 0 Å². The molecule has 0 aromatic rings. The van der Waals surface area contributed by atoms with Gasteiger partial charge in [0.25, 0.3) is 0 Å². The van der Waals surface area contributed by atoms with Crippen molar-refractivity contribution in [3.63, 3.8) is 0 Å². The quantitative estimate of drug-likeness (QED) is 0.642. The summed E-state index contributed by atoms with van der Waals surface area (Å²) in [5.74, 6) is -0.925. The van der Waals surface area contributed by atoms with Gasteiger partial charge in [0, 0.05) is 5.41 Å². The van der Waals surface area contributed by atoms with Crippen molar-refractivity contribution in [2.45, 2.75) is 33.3 Å². The highest BCUT2D eigenvalue weighted by molar-refractivity contribution is 5.74. The molecule has 3 aliphatic rings. The molecule has 0 spiro atoms. The molecule has 3 rings (SSSR count). The number of carboxylic acids is 1. The molecule has 0 saturated heterocycles. The van der Waals surface area contributed by atoms with Gasteiger partial charge in [-0.2, -0.15) is 0 Å². The normalized spacial score (nSPS) is 51.5. The van der Waals surface area contributed by atoms with Crippen LogP contribution < -0.4 is 0 Å². The molecule has 0 heterocycles. The fourth-order valence-corrected chi connectivity index (χ4v) is 3.52. The Balaban J connectivity index is 2.39. The monoisotopic (exact) mass is 184 g/mol. The van der Waals surface area contributed by atoms with E-state index in [4.69, 9.17) is 5.11 Å². The van der Waals surface area contributed by atoms with Crippen molar-refractivity contribution < 1.29 is 15.0 Å². The first kappa shape index (κ1) is 9.00. The third-order valence-electron chi connectivity index (χ3n) is 4.80. The molecule has 2 N–H and O–H groups in total. The number of fused-ring (bicyclic) bond motifs is 1. The van der Waals surface area contributed by atoms with Crippen LogP contribution in [0.4, 0.5) is 0 Å². The third kappa shape index (κ3) is 0.688. The summed E-state index contributed by atoms with van der Waals surface area (Å²) in [5.41, 5.74) is -0.432. The summed E-state index contributed by atoms with van der Waals surface area (Å²) in [6, 6.07) is 0. The third-order valence-corrected chi connectivity index (χ3v) is 4.80. The van der Waals surface area contributed by atoms with Crippen LogP contribution in [0.25, 0.3) is 0 Å². The maximum absolute atomic E-state index is 11.0. The highest BCUT2D eigenvalue weighted by atomic mass is 16.4. The molecule has 3 nitrogen and oxygen atoms in total. The van der Waals surface area contributed by atoms with Crippen LogP contribution >= 0.6 is 0 Å². The maximum Gasteiger partial charge on any atom is 0.307 e. The minimum Gasteiger partial charge on any atom is -0.481 e. The minimum atomic E-state index is -0.747. The van der Waals surface area contributed by atoms with Crippen molar-refractivity contribution >= 4 is 5.97 Å². The fourth-order valence-electron chi connectivity index (χ4n) is 3.52. The molecular formula is C10H16O3. The zero-order valence-electron chi connectivity index (χ0n) is 8.24. The Labute approximate surface area is 77.8 Å². The minimum absolute atomic E-state index is 0.0184. The van der Waals surface area contributed by atoms with E-state index in [0.29, 0.717) is 6.42 Å². The number of carboxylic acid groups (broad SMARTS) is 1. The number of aliphatic hydroxyl groups excluding tert-OH is 1. The van der Waals surface area contributed by atoms with E-state index in [1.165, 1.54) is 0 Å². The number of aliphatic carboxylic acids is 1. The molecule has 74 valence electrons. The average Bonchev–Trinajstić information content (AvgIpc) is 2.35. The van der Waals surface area contributed by atoms with E-state index < -0.39 is 17.5 Å². The Morgan fingerprint density at radius 1 is 1.38 bits per heavy atom. The molecule has 3 fully saturated rings. The van der Waals surface area contributed by atoms with Crippen LogP contribution in [-0.2, 0) is 4.79 Å². The zero-order valence-corrected chi connectivity index (χ0v) is 8.24. The lowest BCUT2D eigenvalue weighted by atomic mass is 9.45. The highest BCUT2D eigenvalue weighted by Crippen LogP contribution is 2.73.